The molecular formula is C57H64N4O9. The molecule has 13 nitrogen and oxygen atoms in total. The van der Waals surface area contributed by atoms with Gasteiger partial charge in [-0.15, -0.1) is 0 Å². The maximum absolute atomic E-state index is 13.3. The van der Waals surface area contributed by atoms with E-state index in [9.17, 15) is 33.9 Å². The molecule has 3 N–H and O–H groups in total. The SMILES string of the molecule is CC/C=C/c1ccc(C#Cc2ccc(C(=O)N(C)[C@](C)(C(=O)CO)C(=O)NC)cc2)cc1.CC/C=C/c1ccc(C#Cc2ccc(C(=O)N(C)[C@](C)(C(=O)COC3CCCCO3)C(=O)NC)cc2)cc1. The highest BCUT2D eigenvalue weighted by Gasteiger charge is 2.47. The van der Waals surface area contributed by atoms with Gasteiger partial charge in [-0.2, -0.15) is 0 Å². The summed E-state index contributed by atoms with van der Waals surface area (Å²) in [4.78, 5) is 78.9. The molecule has 366 valence electrons. The molecule has 1 aliphatic rings. The van der Waals surface area contributed by atoms with Crippen molar-refractivity contribution in [3.8, 4) is 23.7 Å². The molecule has 1 unspecified atom stereocenters. The fraction of sp³-hybridized carbons (Fsp3) is 0.333. The Morgan fingerprint density at radius 1 is 0.629 bits per heavy atom. The van der Waals surface area contributed by atoms with Gasteiger partial charge in [-0.1, -0.05) is 86.1 Å². The van der Waals surface area contributed by atoms with Crippen molar-refractivity contribution < 1.29 is 43.3 Å². The number of benzene rings is 4. The summed E-state index contributed by atoms with van der Waals surface area (Å²) in [5, 5.41) is 14.2. The van der Waals surface area contributed by atoms with Gasteiger partial charge in [-0.25, -0.2) is 0 Å². The number of hydrogen-bond acceptors (Lipinski definition) is 9. The van der Waals surface area contributed by atoms with Crippen LogP contribution in [0.15, 0.2) is 109 Å². The van der Waals surface area contributed by atoms with E-state index in [1.165, 1.54) is 42.0 Å². The Morgan fingerprint density at radius 3 is 1.33 bits per heavy atom. The van der Waals surface area contributed by atoms with Crippen molar-refractivity contribution in [3.63, 3.8) is 0 Å². The van der Waals surface area contributed by atoms with E-state index in [1.54, 1.807) is 48.5 Å². The standard InChI is InChI=1S/C31H36N2O5.C26H28N2O4/c1-5-6-9-23-11-13-24(14-12-23)15-16-25-17-19-26(20-18-25)29(35)33(4)31(2,30(36)32-3)27(34)22-38-28-10-7-8-21-37-28;1-5-6-7-19-8-10-20(11-9-19)12-13-21-14-16-22(17-15-21)24(31)28(4)26(2,23(30)18-29)25(32)27-3/h6,9,11-14,17-20,28H,5,7-8,10,21-22H2,1-4H3,(H,32,36);6-11,14-17,29H,5,18H2,1-4H3,(H,27,32)/b9-6+;7-6+/t28?,31-;26-/m11/s1. The number of nitrogens with zero attached hydrogens (tertiary/aromatic N) is 2. The van der Waals surface area contributed by atoms with Crippen molar-refractivity contribution >= 4 is 47.3 Å². The zero-order chi connectivity index (χ0) is 51.3. The summed E-state index contributed by atoms with van der Waals surface area (Å²) in [5.41, 5.74) is 2.53. The van der Waals surface area contributed by atoms with Gasteiger partial charge < -0.3 is 35.0 Å². The molecule has 0 saturated carbocycles. The summed E-state index contributed by atoms with van der Waals surface area (Å²) in [5.74, 6) is 8.83. The molecule has 4 aromatic rings. The first-order chi connectivity index (χ1) is 33.6. The minimum Gasteiger partial charge on any atom is -0.388 e. The number of hydrogen-bond donors (Lipinski definition) is 3. The quantitative estimate of drug-likeness (QED) is 0.0804. The Balaban J connectivity index is 0.000000309. The molecule has 1 fully saturated rings. The number of ether oxygens (including phenoxy) is 2. The number of carbonyl (C=O) groups is 6. The molecule has 1 aliphatic heterocycles. The number of Topliss-reactive ketones (excluding diaryl/α,β-unsaturated/α-hetero) is 2. The van der Waals surface area contributed by atoms with Gasteiger partial charge in [0.1, 0.15) is 13.2 Å². The number of likely N-dealkylation sites (N-methyl/N-ethyl adjacent to an activating group) is 4. The lowest BCUT2D eigenvalue weighted by Crippen LogP contribution is -2.62. The van der Waals surface area contributed by atoms with Crippen molar-refractivity contribution in [2.24, 2.45) is 0 Å². The lowest BCUT2D eigenvalue weighted by molar-refractivity contribution is -0.174. The Hall–Kier alpha value is -7.42. The molecule has 4 aromatic carbocycles. The second-order valence-corrected chi connectivity index (χ2v) is 16.7. The monoisotopic (exact) mass is 948 g/mol. The number of carbonyl (C=O) groups excluding carboxylic acids is 6. The van der Waals surface area contributed by atoms with Crippen LogP contribution >= 0.6 is 0 Å². The van der Waals surface area contributed by atoms with Gasteiger partial charge in [0.25, 0.3) is 23.6 Å². The summed E-state index contributed by atoms with van der Waals surface area (Å²) < 4.78 is 11.1. The number of allylic oxidation sites excluding steroid dienone is 2. The largest absolute Gasteiger partial charge is 0.388 e. The average Bonchev–Trinajstić information content (AvgIpc) is 3.41. The average molecular weight is 949 g/mol. The predicted octanol–water partition coefficient (Wildman–Crippen LogP) is 6.85. The summed E-state index contributed by atoms with van der Waals surface area (Å²) in [7, 11) is 5.60. The van der Waals surface area contributed by atoms with Gasteiger partial charge in [0, 0.05) is 68.2 Å². The first-order valence-corrected chi connectivity index (χ1v) is 23.3. The third kappa shape index (κ3) is 14.5. The van der Waals surface area contributed by atoms with Crippen LogP contribution in [0.3, 0.4) is 0 Å². The van der Waals surface area contributed by atoms with E-state index >= 15 is 0 Å². The van der Waals surface area contributed by atoms with E-state index in [0.717, 1.165) is 68.9 Å². The Morgan fingerprint density at radius 2 is 1.00 bits per heavy atom. The van der Waals surface area contributed by atoms with Crippen LogP contribution in [-0.4, -0.2) is 115 Å². The minimum absolute atomic E-state index is 0.297. The number of nitrogens with one attached hydrogen (secondary N) is 2. The highest BCUT2D eigenvalue weighted by molar-refractivity contribution is 6.15. The molecular weight excluding hydrogens is 885 g/mol. The molecule has 3 atom stereocenters. The van der Waals surface area contributed by atoms with Gasteiger partial charge in [0.15, 0.2) is 28.9 Å². The third-order valence-electron chi connectivity index (χ3n) is 11.9. The first kappa shape index (κ1) is 55.2. The molecule has 0 spiro atoms. The normalized spacial score (nSPS) is 14.7. The maximum atomic E-state index is 13.3. The predicted molar refractivity (Wildman–Crippen MR) is 272 cm³/mol. The molecule has 0 bridgehead atoms. The van der Waals surface area contributed by atoms with E-state index in [-0.39, 0.29) is 6.61 Å². The van der Waals surface area contributed by atoms with Crippen LogP contribution in [0, 0.1) is 23.7 Å². The van der Waals surface area contributed by atoms with E-state index < -0.39 is 59.2 Å². The number of amides is 4. The molecule has 13 heteroatoms. The van der Waals surface area contributed by atoms with Crippen LogP contribution in [0.5, 0.6) is 0 Å². The number of rotatable bonds is 16. The molecule has 0 aliphatic carbocycles. The number of aliphatic hydroxyl groups is 1. The van der Waals surface area contributed by atoms with Gasteiger partial charge in [-0.3, -0.25) is 28.8 Å². The molecule has 5 rings (SSSR count). The van der Waals surface area contributed by atoms with Crippen LogP contribution < -0.4 is 10.6 Å². The van der Waals surface area contributed by atoms with Gasteiger partial charge in [0.2, 0.25) is 0 Å². The summed E-state index contributed by atoms with van der Waals surface area (Å²) >= 11 is 0. The van der Waals surface area contributed by atoms with Crippen molar-refractivity contribution in [1.82, 2.24) is 20.4 Å². The van der Waals surface area contributed by atoms with Crippen LogP contribution in [-0.2, 0) is 28.7 Å². The van der Waals surface area contributed by atoms with Crippen LogP contribution in [0.1, 0.15) is 114 Å². The smallest absolute Gasteiger partial charge is 0.254 e. The van der Waals surface area contributed by atoms with E-state index in [1.807, 2.05) is 48.5 Å². The van der Waals surface area contributed by atoms with Gasteiger partial charge in [-0.05, 0) is 130 Å². The molecule has 1 heterocycles. The van der Waals surface area contributed by atoms with E-state index in [2.05, 4.69) is 72.5 Å². The van der Waals surface area contributed by atoms with Crippen molar-refractivity contribution in [1.29, 1.82) is 0 Å². The molecule has 1 saturated heterocycles. The first-order valence-electron chi connectivity index (χ1n) is 23.3. The molecule has 0 radical (unpaired) electrons. The lowest BCUT2D eigenvalue weighted by atomic mass is 9.92. The zero-order valence-electron chi connectivity index (χ0n) is 41.4. The fourth-order valence-electron chi connectivity index (χ4n) is 7.06. The number of ketones is 2. The van der Waals surface area contributed by atoms with Crippen molar-refractivity contribution in [2.45, 2.75) is 77.2 Å². The minimum atomic E-state index is -1.82. The summed E-state index contributed by atoms with van der Waals surface area (Å²) in [6.07, 6.45) is 12.4. The highest BCUT2D eigenvalue weighted by atomic mass is 16.7. The molecule has 4 amide bonds. The third-order valence-corrected chi connectivity index (χ3v) is 11.9. The van der Waals surface area contributed by atoms with E-state index in [0.29, 0.717) is 24.2 Å². The van der Waals surface area contributed by atoms with Crippen LogP contribution in [0.2, 0.25) is 0 Å². The maximum Gasteiger partial charge on any atom is 0.254 e. The fourth-order valence-corrected chi connectivity index (χ4v) is 7.06. The molecule has 0 aromatic heterocycles. The zero-order valence-corrected chi connectivity index (χ0v) is 41.4. The Bertz CT molecular complexity index is 2610. The second-order valence-electron chi connectivity index (χ2n) is 16.7. The van der Waals surface area contributed by atoms with Crippen molar-refractivity contribution in [2.75, 3.05) is 48.0 Å². The summed E-state index contributed by atoms with van der Waals surface area (Å²) in [6, 6.07) is 29.3. The van der Waals surface area contributed by atoms with Gasteiger partial charge in [0.05, 0.1) is 0 Å². The topological polar surface area (TPSA) is 172 Å². The second kappa shape index (κ2) is 26.9. The Kier molecular flexibility index (Phi) is 21.2. The number of aliphatic hydroxyl groups excluding tert-OH is 1. The summed E-state index contributed by atoms with van der Waals surface area (Å²) in [6.45, 7) is 6.31. The van der Waals surface area contributed by atoms with Crippen molar-refractivity contribution in [3.05, 3.63) is 154 Å². The highest BCUT2D eigenvalue weighted by Crippen LogP contribution is 2.22. The van der Waals surface area contributed by atoms with Gasteiger partial charge >= 0.3 is 0 Å². The lowest BCUT2D eigenvalue weighted by Gasteiger charge is -2.36. The Labute approximate surface area is 412 Å². The van der Waals surface area contributed by atoms with Crippen LogP contribution in [0.25, 0.3) is 12.2 Å². The molecule has 70 heavy (non-hydrogen) atoms. The van der Waals surface area contributed by atoms with E-state index in [4.69, 9.17) is 9.47 Å². The van der Waals surface area contributed by atoms with Crippen LogP contribution in [0.4, 0.5) is 0 Å².